The first-order chi connectivity index (χ1) is 11.7. The normalized spacial score (nSPS) is 17.0. The smallest absolute Gasteiger partial charge is 0.329 e. The summed E-state index contributed by atoms with van der Waals surface area (Å²) >= 11 is 0. The molecule has 0 spiro atoms. The van der Waals surface area contributed by atoms with Gasteiger partial charge in [0.15, 0.2) is 0 Å². The first kappa shape index (κ1) is 18.5. The van der Waals surface area contributed by atoms with Crippen LogP contribution in [0.3, 0.4) is 0 Å². The highest BCUT2D eigenvalue weighted by atomic mass is 16.5. The highest BCUT2D eigenvalue weighted by Gasteiger charge is 2.34. The molecule has 1 saturated heterocycles. The molecule has 0 aliphatic carbocycles. The summed E-state index contributed by atoms with van der Waals surface area (Å²) in [6.07, 6.45) is 7.78. The van der Waals surface area contributed by atoms with Crippen molar-refractivity contribution in [3.05, 3.63) is 35.9 Å². The lowest BCUT2D eigenvalue weighted by atomic mass is 10.1. The van der Waals surface area contributed by atoms with Crippen molar-refractivity contribution in [2.75, 3.05) is 6.54 Å². The summed E-state index contributed by atoms with van der Waals surface area (Å²) in [6, 6.07) is 9.25. The Labute approximate surface area is 145 Å². The predicted molar refractivity (Wildman–Crippen MR) is 94.3 cm³/mol. The van der Waals surface area contributed by atoms with Crippen LogP contribution in [0.1, 0.15) is 63.9 Å². The van der Waals surface area contributed by atoms with Crippen LogP contribution in [0.2, 0.25) is 0 Å². The Bertz CT molecular complexity index is 515. The topological polar surface area (TPSA) is 46.6 Å². The van der Waals surface area contributed by atoms with E-state index in [1.807, 2.05) is 30.3 Å². The van der Waals surface area contributed by atoms with Gasteiger partial charge in [-0.25, -0.2) is 4.79 Å². The molecule has 0 radical (unpaired) electrons. The Kier molecular flexibility index (Phi) is 7.80. The Morgan fingerprint density at radius 2 is 1.88 bits per heavy atom. The van der Waals surface area contributed by atoms with Crippen molar-refractivity contribution in [1.82, 2.24) is 4.90 Å². The number of carbonyl (C=O) groups is 2. The Balaban J connectivity index is 1.76. The molecule has 2 rings (SSSR count). The Morgan fingerprint density at radius 3 is 2.62 bits per heavy atom. The number of carbonyl (C=O) groups excluding carboxylic acids is 2. The Hall–Kier alpha value is -1.84. The zero-order chi connectivity index (χ0) is 17.2. The predicted octanol–water partition coefficient (Wildman–Crippen LogP) is 4.08. The largest absolute Gasteiger partial charge is 0.459 e. The van der Waals surface area contributed by atoms with Gasteiger partial charge in [0, 0.05) is 13.0 Å². The molecular weight excluding hydrogens is 302 g/mol. The molecule has 0 bridgehead atoms. The number of rotatable bonds is 9. The number of nitrogens with zero attached hydrogens (tertiary/aromatic N) is 1. The van der Waals surface area contributed by atoms with Crippen LogP contribution >= 0.6 is 0 Å². The molecule has 0 N–H and O–H groups in total. The third-order valence-electron chi connectivity index (χ3n) is 4.56. The third kappa shape index (κ3) is 5.66. The van der Waals surface area contributed by atoms with Crippen molar-refractivity contribution in [2.45, 2.75) is 70.9 Å². The molecule has 1 amide bonds. The van der Waals surface area contributed by atoms with Crippen molar-refractivity contribution in [2.24, 2.45) is 0 Å². The van der Waals surface area contributed by atoms with Gasteiger partial charge >= 0.3 is 5.97 Å². The molecule has 0 saturated carbocycles. The van der Waals surface area contributed by atoms with E-state index < -0.39 is 6.04 Å². The summed E-state index contributed by atoms with van der Waals surface area (Å²) in [5, 5.41) is 0. The SMILES string of the molecule is CCCCCCCC(=O)N1CCC[C@H]1C(=O)OCc1ccccc1. The van der Waals surface area contributed by atoms with Gasteiger partial charge in [0.1, 0.15) is 12.6 Å². The van der Waals surface area contributed by atoms with Crippen LogP contribution in [-0.2, 0) is 20.9 Å². The molecule has 1 fully saturated rings. The summed E-state index contributed by atoms with van der Waals surface area (Å²) in [7, 11) is 0. The zero-order valence-electron chi connectivity index (χ0n) is 14.7. The molecule has 24 heavy (non-hydrogen) atoms. The molecule has 0 aromatic heterocycles. The number of esters is 1. The fraction of sp³-hybridized carbons (Fsp3) is 0.600. The minimum Gasteiger partial charge on any atom is -0.459 e. The number of hydrogen-bond acceptors (Lipinski definition) is 3. The molecule has 1 atom stereocenters. The van der Waals surface area contributed by atoms with Crippen LogP contribution in [0.4, 0.5) is 0 Å². The lowest BCUT2D eigenvalue weighted by molar-refractivity contribution is -0.154. The van der Waals surface area contributed by atoms with Crippen molar-refractivity contribution >= 4 is 11.9 Å². The number of hydrogen-bond donors (Lipinski definition) is 0. The summed E-state index contributed by atoms with van der Waals surface area (Å²) < 4.78 is 5.42. The Morgan fingerprint density at radius 1 is 1.12 bits per heavy atom. The molecule has 1 aromatic carbocycles. The highest BCUT2D eigenvalue weighted by molar-refractivity contribution is 5.85. The van der Waals surface area contributed by atoms with Crippen molar-refractivity contribution in [3.63, 3.8) is 0 Å². The zero-order valence-corrected chi connectivity index (χ0v) is 14.7. The first-order valence-electron chi connectivity index (χ1n) is 9.22. The summed E-state index contributed by atoms with van der Waals surface area (Å²) in [4.78, 5) is 26.4. The first-order valence-corrected chi connectivity index (χ1v) is 9.22. The quantitative estimate of drug-likeness (QED) is 0.506. The average Bonchev–Trinajstić information content (AvgIpc) is 3.10. The van der Waals surface area contributed by atoms with Gasteiger partial charge in [0.2, 0.25) is 5.91 Å². The molecule has 4 nitrogen and oxygen atoms in total. The van der Waals surface area contributed by atoms with Gasteiger partial charge in [-0.2, -0.15) is 0 Å². The summed E-state index contributed by atoms with van der Waals surface area (Å²) in [6.45, 7) is 3.13. The van der Waals surface area contributed by atoms with Gasteiger partial charge in [0.25, 0.3) is 0 Å². The molecule has 1 heterocycles. The maximum Gasteiger partial charge on any atom is 0.329 e. The maximum absolute atomic E-state index is 12.4. The number of ether oxygens (including phenoxy) is 1. The standard InChI is InChI=1S/C20H29NO3/c1-2-3-4-5-9-14-19(22)21-15-10-13-18(21)20(23)24-16-17-11-7-6-8-12-17/h6-8,11-12,18H,2-5,9-10,13-16H2,1H3/t18-/m0/s1. The molecule has 1 aromatic rings. The maximum atomic E-state index is 12.4. The molecule has 4 heteroatoms. The second-order valence-electron chi connectivity index (χ2n) is 6.50. The van der Waals surface area contributed by atoms with Crippen LogP contribution in [0.5, 0.6) is 0 Å². The van der Waals surface area contributed by atoms with Crippen LogP contribution < -0.4 is 0 Å². The number of benzene rings is 1. The van der Waals surface area contributed by atoms with E-state index in [4.69, 9.17) is 4.74 Å². The molecule has 1 aliphatic rings. The summed E-state index contributed by atoms with van der Waals surface area (Å²) in [5.74, 6) is -0.165. The molecular formula is C20H29NO3. The van der Waals surface area contributed by atoms with Crippen molar-refractivity contribution in [1.29, 1.82) is 0 Å². The lowest BCUT2D eigenvalue weighted by Gasteiger charge is -2.23. The number of amides is 1. The van der Waals surface area contributed by atoms with E-state index in [-0.39, 0.29) is 18.5 Å². The average molecular weight is 331 g/mol. The minimum atomic E-state index is -0.392. The van der Waals surface area contributed by atoms with Gasteiger partial charge < -0.3 is 9.64 Å². The second kappa shape index (κ2) is 10.1. The van der Waals surface area contributed by atoms with Crippen molar-refractivity contribution in [3.8, 4) is 0 Å². The minimum absolute atomic E-state index is 0.102. The van der Waals surface area contributed by atoms with E-state index in [2.05, 4.69) is 6.92 Å². The number of unbranched alkanes of at least 4 members (excludes halogenated alkanes) is 4. The van der Waals surface area contributed by atoms with Gasteiger partial charge in [0.05, 0.1) is 0 Å². The van der Waals surface area contributed by atoms with Crippen LogP contribution in [0, 0.1) is 0 Å². The fourth-order valence-corrected chi connectivity index (χ4v) is 3.16. The van der Waals surface area contributed by atoms with Gasteiger partial charge in [-0.3, -0.25) is 4.79 Å². The van der Waals surface area contributed by atoms with Crippen LogP contribution in [-0.4, -0.2) is 29.4 Å². The molecule has 1 aliphatic heterocycles. The van der Waals surface area contributed by atoms with E-state index in [1.54, 1.807) is 4.90 Å². The van der Waals surface area contributed by atoms with E-state index in [1.165, 1.54) is 19.3 Å². The molecule has 0 unspecified atom stereocenters. The fourth-order valence-electron chi connectivity index (χ4n) is 3.16. The highest BCUT2D eigenvalue weighted by Crippen LogP contribution is 2.21. The lowest BCUT2D eigenvalue weighted by Crippen LogP contribution is -2.41. The molecule has 132 valence electrons. The van der Waals surface area contributed by atoms with E-state index in [0.29, 0.717) is 13.0 Å². The van der Waals surface area contributed by atoms with Crippen LogP contribution in [0.25, 0.3) is 0 Å². The van der Waals surface area contributed by atoms with Crippen LogP contribution in [0.15, 0.2) is 30.3 Å². The van der Waals surface area contributed by atoms with E-state index >= 15 is 0 Å². The monoisotopic (exact) mass is 331 g/mol. The van der Waals surface area contributed by atoms with Gasteiger partial charge in [-0.15, -0.1) is 0 Å². The van der Waals surface area contributed by atoms with Gasteiger partial charge in [-0.05, 0) is 24.8 Å². The summed E-state index contributed by atoms with van der Waals surface area (Å²) in [5.41, 5.74) is 0.970. The third-order valence-corrected chi connectivity index (χ3v) is 4.56. The van der Waals surface area contributed by atoms with E-state index in [0.717, 1.165) is 31.2 Å². The second-order valence-corrected chi connectivity index (χ2v) is 6.50. The van der Waals surface area contributed by atoms with Gasteiger partial charge in [-0.1, -0.05) is 62.9 Å². The number of likely N-dealkylation sites (tertiary alicyclic amines) is 1. The van der Waals surface area contributed by atoms with E-state index in [9.17, 15) is 9.59 Å². The van der Waals surface area contributed by atoms with Crippen molar-refractivity contribution < 1.29 is 14.3 Å².